The first kappa shape index (κ1) is 24.6. The Morgan fingerprint density at radius 1 is 0.879 bits per heavy atom. The molecule has 0 atom stereocenters. The number of hydrogen-bond acceptors (Lipinski definition) is 4. The molecule has 4 nitrogen and oxygen atoms in total. The molecule has 0 radical (unpaired) electrons. The highest BCUT2D eigenvalue weighted by Gasteiger charge is 2.36. The van der Waals surface area contributed by atoms with Crippen LogP contribution >= 0.6 is 0 Å². The molecule has 0 N–H and O–H groups in total. The number of alkyl halides is 3. The normalized spacial score (nSPS) is 11.6. The van der Waals surface area contributed by atoms with Gasteiger partial charge in [-0.3, -0.25) is 0 Å². The van der Waals surface area contributed by atoms with Gasteiger partial charge >= 0.3 is 5.51 Å². The topological polar surface area (TPSA) is 81.0 Å². The predicted octanol–water partition coefficient (Wildman–Crippen LogP) is 5.33. The van der Waals surface area contributed by atoms with Crippen molar-refractivity contribution in [2.24, 2.45) is 0 Å². The summed E-state index contributed by atoms with van der Waals surface area (Å²) in [6.07, 6.45) is 1.02. The SMILES string of the molecule is N#Cc1ccc(CC[SH+]c2c3ccccc3cc3ccccc23)cc1.O=S(=O)([O-])C(F)(F)F. The van der Waals surface area contributed by atoms with E-state index in [0.717, 1.165) is 17.7 Å². The van der Waals surface area contributed by atoms with Gasteiger partial charge in [-0.15, -0.1) is 0 Å². The van der Waals surface area contributed by atoms with Gasteiger partial charge in [0.15, 0.2) is 15.0 Å². The number of hydrogen-bond donors (Lipinski definition) is 0. The average Bonchev–Trinajstić information content (AvgIpc) is 2.78. The summed E-state index contributed by atoms with van der Waals surface area (Å²) in [4.78, 5) is 1.42. The van der Waals surface area contributed by atoms with Crippen LogP contribution in [-0.4, -0.2) is 24.2 Å². The largest absolute Gasteiger partial charge is 0.741 e. The maximum absolute atomic E-state index is 10.7. The minimum atomic E-state index is -6.09. The fourth-order valence-electron chi connectivity index (χ4n) is 3.20. The third kappa shape index (κ3) is 6.26. The summed E-state index contributed by atoms with van der Waals surface area (Å²) in [6.45, 7) is 0. The van der Waals surface area contributed by atoms with Crippen LogP contribution in [0.4, 0.5) is 13.2 Å². The van der Waals surface area contributed by atoms with Crippen LogP contribution in [0.1, 0.15) is 11.1 Å². The van der Waals surface area contributed by atoms with E-state index in [0.29, 0.717) is 0 Å². The fraction of sp³-hybridized carbons (Fsp3) is 0.125. The van der Waals surface area contributed by atoms with Gasteiger partial charge in [0.1, 0.15) is 5.75 Å². The van der Waals surface area contributed by atoms with Crippen molar-refractivity contribution in [3.8, 4) is 6.07 Å². The number of halogens is 3. The lowest BCUT2D eigenvalue weighted by Crippen LogP contribution is -2.21. The van der Waals surface area contributed by atoms with E-state index in [-0.39, 0.29) is 0 Å². The molecule has 0 bridgehead atoms. The van der Waals surface area contributed by atoms with Gasteiger partial charge in [-0.05, 0) is 46.7 Å². The molecule has 33 heavy (non-hydrogen) atoms. The van der Waals surface area contributed by atoms with Crippen molar-refractivity contribution in [3.05, 3.63) is 90.0 Å². The minimum Gasteiger partial charge on any atom is -0.741 e. The second-order valence-electron chi connectivity index (χ2n) is 7.01. The van der Waals surface area contributed by atoms with Gasteiger partial charge < -0.3 is 4.55 Å². The monoisotopic (exact) mass is 489 g/mol. The van der Waals surface area contributed by atoms with Gasteiger partial charge in [-0.25, -0.2) is 8.42 Å². The molecule has 0 saturated carbocycles. The quantitative estimate of drug-likeness (QED) is 0.128. The van der Waals surface area contributed by atoms with Crippen molar-refractivity contribution >= 4 is 43.4 Å². The molecule has 0 fully saturated rings. The molecule has 0 spiro atoms. The zero-order chi connectivity index (χ0) is 24.1. The summed E-state index contributed by atoms with van der Waals surface area (Å²) in [7, 11) is -6.09. The lowest BCUT2D eigenvalue weighted by Gasteiger charge is -2.08. The van der Waals surface area contributed by atoms with Gasteiger partial charge in [0.05, 0.1) is 11.6 Å². The van der Waals surface area contributed by atoms with Gasteiger partial charge in [-0.1, -0.05) is 48.5 Å². The van der Waals surface area contributed by atoms with Gasteiger partial charge in [-0.2, -0.15) is 18.4 Å². The predicted molar refractivity (Wildman–Crippen MR) is 124 cm³/mol. The number of nitriles is 1. The summed E-state index contributed by atoms with van der Waals surface area (Å²) in [5.41, 5.74) is -3.63. The van der Waals surface area contributed by atoms with Crippen LogP contribution in [0, 0.1) is 11.3 Å². The average molecular weight is 490 g/mol. The van der Waals surface area contributed by atoms with Crippen molar-refractivity contribution in [1.82, 2.24) is 0 Å². The first-order valence-electron chi connectivity index (χ1n) is 9.69. The third-order valence-corrected chi connectivity index (χ3v) is 6.59. The Bertz CT molecular complexity index is 1360. The second kappa shape index (κ2) is 10.3. The third-order valence-electron chi connectivity index (χ3n) is 4.78. The molecule has 0 unspecified atom stereocenters. The zero-order valence-corrected chi connectivity index (χ0v) is 18.8. The van der Waals surface area contributed by atoms with Crippen LogP contribution in [0.5, 0.6) is 0 Å². The molecule has 0 aliphatic heterocycles. The molecule has 4 aromatic carbocycles. The van der Waals surface area contributed by atoms with E-state index >= 15 is 0 Å². The molecule has 0 aliphatic rings. The van der Waals surface area contributed by atoms with Gasteiger partial charge in [0.2, 0.25) is 0 Å². The highest BCUT2D eigenvalue weighted by Crippen LogP contribution is 2.30. The van der Waals surface area contributed by atoms with Crippen molar-refractivity contribution in [3.63, 3.8) is 0 Å². The molecule has 4 aromatic rings. The number of aryl methyl sites for hydroxylation is 1. The first-order chi connectivity index (χ1) is 15.6. The highest BCUT2D eigenvalue weighted by molar-refractivity contribution is 7.86. The van der Waals surface area contributed by atoms with Crippen molar-refractivity contribution in [2.75, 3.05) is 5.75 Å². The van der Waals surface area contributed by atoms with Crippen LogP contribution in [0.3, 0.4) is 0 Å². The summed E-state index contributed by atoms with van der Waals surface area (Å²) >= 11 is 1.34. The second-order valence-corrected chi connectivity index (χ2v) is 9.59. The Labute approximate surface area is 193 Å². The van der Waals surface area contributed by atoms with E-state index < -0.39 is 15.6 Å². The summed E-state index contributed by atoms with van der Waals surface area (Å²) in [5.74, 6) is 1.07. The maximum Gasteiger partial charge on any atom is 0.485 e. The maximum atomic E-state index is 10.7. The zero-order valence-electron chi connectivity index (χ0n) is 17.1. The number of benzene rings is 4. The molecule has 0 saturated heterocycles. The van der Waals surface area contributed by atoms with Crippen LogP contribution in [0.2, 0.25) is 0 Å². The number of rotatable bonds is 4. The molecule has 9 heteroatoms. The molecule has 0 heterocycles. The van der Waals surface area contributed by atoms with E-state index in [1.54, 1.807) is 0 Å². The Kier molecular flexibility index (Phi) is 7.64. The van der Waals surface area contributed by atoms with E-state index in [1.165, 1.54) is 43.8 Å². The molecule has 0 aliphatic carbocycles. The van der Waals surface area contributed by atoms with Crippen LogP contribution in [-0.2, 0) is 28.3 Å². The van der Waals surface area contributed by atoms with Crippen LogP contribution in [0.25, 0.3) is 21.5 Å². The Balaban J connectivity index is 0.000000331. The van der Waals surface area contributed by atoms with Gasteiger partial charge in [0, 0.05) is 29.0 Å². The molecule has 0 aromatic heterocycles. The number of fused-ring (bicyclic) bond motifs is 2. The van der Waals surface area contributed by atoms with Crippen LogP contribution < -0.4 is 0 Å². The van der Waals surface area contributed by atoms with Crippen molar-refractivity contribution in [2.45, 2.75) is 16.8 Å². The summed E-state index contributed by atoms with van der Waals surface area (Å²) in [6, 6.07) is 29.7. The Morgan fingerprint density at radius 2 is 1.36 bits per heavy atom. The lowest BCUT2D eigenvalue weighted by molar-refractivity contribution is -0.0517. The van der Waals surface area contributed by atoms with Crippen LogP contribution in [0.15, 0.2) is 83.8 Å². The molecule has 0 amide bonds. The smallest absolute Gasteiger partial charge is 0.485 e. The van der Waals surface area contributed by atoms with Crippen molar-refractivity contribution < 1.29 is 26.1 Å². The Hall–Kier alpha value is -3.06. The van der Waals surface area contributed by atoms with Gasteiger partial charge in [0.25, 0.3) is 0 Å². The Morgan fingerprint density at radius 3 is 1.82 bits per heavy atom. The molecule has 4 rings (SSSR count). The standard InChI is InChI=1S/C23H17NS.CHF3O3S/c24-16-18-11-9-17(10-12-18)13-14-25-23-21-7-3-1-5-19(21)15-20-6-2-4-8-22(20)23;2-1(3,4)8(5,6)7/h1-12,15H,13-14H2;(H,5,6,7). The van der Waals surface area contributed by atoms with E-state index in [1.807, 2.05) is 12.1 Å². The van der Waals surface area contributed by atoms with Crippen molar-refractivity contribution in [1.29, 1.82) is 5.26 Å². The van der Waals surface area contributed by atoms with E-state index in [9.17, 15) is 13.2 Å². The van der Waals surface area contributed by atoms with E-state index in [2.05, 4.69) is 72.8 Å². The minimum absolute atomic E-state index is 0.723. The summed E-state index contributed by atoms with van der Waals surface area (Å²) in [5, 5.41) is 14.2. The lowest BCUT2D eigenvalue weighted by atomic mass is 10.0. The number of nitrogens with zero attached hydrogens (tertiary/aromatic N) is 1. The number of thiol groups is 1. The first-order valence-corrected chi connectivity index (χ1v) is 12.2. The molecular weight excluding hydrogens is 471 g/mol. The highest BCUT2D eigenvalue weighted by atomic mass is 32.2. The summed E-state index contributed by atoms with van der Waals surface area (Å²) < 4.78 is 58.9. The molecule has 170 valence electrons. The fourth-order valence-corrected chi connectivity index (χ4v) is 4.54. The van der Waals surface area contributed by atoms with E-state index in [4.69, 9.17) is 18.2 Å². The molecular formula is C24H18F3NO3S2.